The predicted octanol–water partition coefficient (Wildman–Crippen LogP) is 1.66. The minimum Gasteiger partial charge on any atom is -0.505 e. The van der Waals surface area contributed by atoms with Crippen molar-refractivity contribution in [3.8, 4) is 17.6 Å². The first-order chi connectivity index (χ1) is 10.1. The molecule has 0 spiro atoms. The van der Waals surface area contributed by atoms with Crippen molar-refractivity contribution in [3.05, 3.63) is 53.3 Å². The summed E-state index contributed by atoms with van der Waals surface area (Å²) in [5, 5.41) is 12.4. The van der Waals surface area contributed by atoms with Gasteiger partial charge >= 0.3 is 0 Å². The maximum atomic E-state index is 12.2. The molecule has 2 aromatic rings. The van der Waals surface area contributed by atoms with Crippen LogP contribution < -0.4 is 11.1 Å². The Bertz CT molecular complexity index is 730. The quantitative estimate of drug-likeness (QED) is 0.730. The fourth-order valence-electron chi connectivity index (χ4n) is 1.78. The molecule has 0 aliphatic carbocycles. The summed E-state index contributed by atoms with van der Waals surface area (Å²) in [6, 6.07) is 6.99. The van der Waals surface area contributed by atoms with Gasteiger partial charge in [-0.2, -0.15) is 0 Å². The first-order valence-electron chi connectivity index (χ1n) is 6.35. The molecule has 1 aromatic carbocycles. The number of hydrogen-bond donors (Lipinski definition) is 3. The van der Waals surface area contributed by atoms with E-state index < -0.39 is 5.91 Å². The topological polar surface area (TPSA) is 88.2 Å². The van der Waals surface area contributed by atoms with Crippen LogP contribution in [-0.4, -0.2) is 22.5 Å². The molecule has 0 aliphatic heterocycles. The van der Waals surface area contributed by atoms with E-state index in [0.29, 0.717) is 11.3 Å². The number of carbonyl (C=O) groups is 1. The molecule has 0 atom stereocenters. The molecule has 0 aliphatic rings. The zero-order valence-corrected chi connectivity index (χ0v) is 11.6. The molecule has 0 radical (unpaired) electrons. The van der Waals surface area contributed by atoms with Crippen LogP contribution in [0.4, 0.5) is 5.69 Å². The van der Waals surface area contributed by atoms with Crippen molar-refractivity contribution < 1.29 is 9.90 Å². The zero-order valence-electron chi connectivity index (χ0n) is 11.6. The number of benzene rings is 1. The first kappa shape index (κ1) is 14.6. The van der Waals surface area contributed by atoms with Gasteiger partial charge in [0.05, 0.1) is 24.0 Å². The third kappa shape index (κ3) is 3.59. The molecule has 0 bridgehead atoms. The Morgan fingerprint density at radius 3 is 2.95 bits per heavy atom. The molecule has 1 aromatic heterocycles. The number of rotatable bonds is 2. The van der Waals surface area contributed by atoms with Crippen molar-refractivity contribution in [2.24, 2.45) is 5.73 Å². The number of anilines is 1. The van der Waals surface area contributed by atoms with Gasteiger partial charge < -0.3 is 16.2 Å². The van der Waals surface area contributed by atoms with Crippen molar-refractivity contribution in [2.45, 2.75) is 6.92 Å². The summed E-state index contributed by atoms with van der Waals surface area (Å²) in [5.41, 5.74) is 7.77. The monoisotopic (exact) mass is 281 g/mol. The molecule has 0 unspecified atom stereocenters. The van der Waals surface area contributed by atoms with Crippen LogP contribution in [0.3, 0.4) is 0 Å². The molecule has 1 heterocycles. The fraction of sp³-hybridized carbons (Fsp3) is 0.125. The number of aromatic nitrogens is 1. The molecule has 5 heteroatoms. The van der Waals surface area contributed by atoms with E-state index in [4.69, 9.17) is 5.73 Å². The van der Waals surface area contributed by atoms with Gasteiger partial charge in [-0.05, 0) is 30.7 Å². The van der Waals surface area contributed by atoms with E-state index in [1.807, 2.05) is 25.1 Å². The van der Waals surface area contributed by atoms with E-state index in [-0.39, 0.29) is 17.9 Å². The van der Waals surface area contributed by atoms with Crippen molar-refractivity contribution in [1.82, 2.24) is 4.98 Å². The summed E-state index contributed by atoms with van der Waals surface area (Å²) < 4.78 is 0. The minimum atomic E-state index is -0.420. The summed E-state index contributed by atoms with van der Waals surface area (Å²) in [6.07, 6.45) is 2.67. The van der Waals surface area contributed by atoms with Crippen molar-refractivity contribution in [1.29, 1.82) is 0 Å². The van der Waals surface area contributed by atoms with Gasteiger partial charge in [0.1, 0.15) is 5.75 Å². The Morgan fingerprint density at radius 2 is 2.24 bits per heavy atom. The van der Waals surface area contributed by atoms with E-state index in [1.165, 1.54) is 18.5 Å². The van der Waals surface area contributed by atoms with E-state index in [2.05, 4.69) is 22.1 Å². The highest BCUT2D eigenvalue weighted by molar-refractivity contribution is 6.06. The Balaban J connectivity index is 2.33. The average molecular weight is 281 g/mol. The lowest BCUT2D eigenvalue weighted by Gasteiger charge is -2.09. The Hall–Kier alpha value is -2.84. The molecule has 1 amide bonds. The summed E-state index contributed by atoms with van der Waals surface area (Å²) in [4.78, 5) is 15.9. The van der Waals surface area contributed by atoms with Gasteiger partial charge in [-0.3, -0.25) is 9.78 Å². The first-order valence-corrected chi connectivity index (χ1v) is 6.35. The molecule has 0 saturated carbocycles. The number of hydrogen-bond acceptors (Lipinski definition) is 4. The molecular formula is C16H15N3O2. The molecule has 0 saturated heterocycles. The van der Waals surface area contributed by atoms with E-state index in [0.717, 1.165) is 5.56 Å². The number of amides is 1. The maximum Gasteiger partial charge on any atom is 0.259 e. The van der Waals surface area contributed by atoms with Gasteiger partial charge in [0.15, 0.2) is 0 Å². The van der Waals surface area contributed by atoms with Gasteiger partial charge in [-0.25, -0.2) is 0 Å². The summed E-state index contributed by atoms with van der Waals surface area (Å²) in [6.45, 7) is 2.16. The number of carbonyl (C=O) groups excluding carboxylic acids is 1. The summed E-state index contributed by atoms with van der Waals surface area (Å²) in [7, 11) is 0. The minimum absolute atomic E-state index is 0.157. The van der Waals surface area contributed by atoms with Crippen LogP contribution >= 0.6 is 0 Å². The normalized spacial score (nSPS) is 9.62. The fourth-order valence-corrected chi connectivity index (χ4v) is 1.78. The number of nitrogens with two attached hydrogens (primary N) is 1. The van der Waals surface area contributed by atoms with Crippen LogP contribution in [0, 0.1) is 18.8 Å². The van der Waals surface area contributed by atoms with E-state index in [1.54, 1.807) is 0 Å². The second-order valence-electron chi connectivity index (χ2n) is 4.40. The zero-order chi connectivity index (χ0) is 15.2. The predicted molar refractivity (Wildman–Crippen MR) is 81.0 cm³/mol. The Labute approximate surface area is 122 Å². The average Bonchev–Trinajstić information content (AvgIpc) is 2.47. The van der Waals surface area contributed by atoms with Crippen LogP contribution in [0.15, 0.2) is 36.7 Å². The van der Waals surface area contributed by atoms with Gasteiger partial charge in [0.2, 0.25) is 0 Å². The summed E-state index contributed by atoms with van der Waals surface area (Å²) >= 11 is 0. The maximum absolute atomic E-state index is 12.2. The third-order valence-corrected chi connectivity index (χ3v) is 2.79. The van der Waals surface area contributed by atoms with Gasteiger partial charge in [-0.1, -0.05) is 17.9 Å². The molecule has 0 fully saturated rings. The SMILES string of the molecule is Cc1ccc(C#CCN)c(NC(=O)c2ccncc2O)c1. The van der Waals surface area contributed by atoms with Crippen molar-refractivity contribution in [2.75, 3.05) is 11.9 Å². The van der Waals surface area contributed by atoms with Gasteiger partial charge in [0.25, 0.3) is 5.91 Å². The Kier molecular flexibility index (Phi) is 4.54. The molecule has 21 heavy (non-hydrogen) atoms. The number of pyridine rings is 1. The van der Waals surface area contributed by atoms with Crippen molar-refractivity contribution >= 4 is 11.6 Å². The number of aromatic hydroxyl groups is 1. The molecular weight excluding hydrogens is 266 g/mol. The smallest absolute Gasteiger partial charge is 0.259 e. The highest BCUT2D eigenvalue weighted by atomic mass is 16.3. The molecule has 106 valence electrons. The number of nitrogens with one attached hydrogen (secondary N) is 1. The lowest BCUT2D eigenvalue weighted by Crippen LogP contribution is -2.13. The van der Waals surface area contributed by atoms with Crippen molar-refractivity contribution in [3.63, 3.8) is 0 Å². The number of nitrogens with zero attached hydrogens (tertiary/aromatic N) is 1. The number of aryl methyl sites for hydroxylation is 1. The van der Waals surface area contributed by atoms with E-state index >= 15 is 0 Å². The second kappa shape index (κ2) is 6.55. The van der Waals surface area contributed by atoms with Crippen LogP contribution in [0.1, 0.15) is 21.5 Å². The second-order valence-corrected chi connectivity index (χ2v) is 4.40. The largest absolute Gasteiger partial charge is 0.505 e. The van der Waals surface area contributed by atoms with Crippen LogP contribution in [0.2, 0.25) is 0 Å². The molecule has 5 nitrogen and oxygen atoms in total. The highest BCUT2D eigenvalue weighted by Gasteiger charge is 2.12. The Morgan fingerprint density at radius 1 is 1.43 bits per heavy atom. The summed E-state index contributed by atoms with van der Waals surface area (Å²) in [5.74, 6) is 5.07. The molecule has 2 rings (SSSR count). The molecule has 4 N–H and O–H groups in total. The lowest BCUT2D eigenvalue weighted by atomic mass is 10.1. The lowest BCUT2D eigenvalue weighted by molar-refractivity contribution is 0.102. The van der Waals surface area contributed by atoms with Gasteiger partial charge in [0, 0.05) is 11.8 Å². The van der Waals surface area contributed by atoms with E-state index in [9.17, 15) is 9.90 Å². The van der Waals surface area contributed by atoms with Crippen LogP contribution in [0.5, 0.6) is 5.75 Å². The highest BCUT2D eigenvalue weighted by Crippen LogP contribution is 2.20. The van der Waals surface area contributed by atoms with Crippen LogP contribution in [-0.2, 0) is 0 Å². The van der Waals surface area contributed by atoms with Gasteiger partial charge in [-0.15, -0.1) is 0 Å². The van der Waals surface area contributed by atoms with Crippen LogP contribution in [0.25, 0.3) is 0 Å². The third-order valence-electron chi connectivity index (χ3n) is 2.79. The standard InChI is InChI=1S/C16H15N3O2/c1-11-4-5-12(3-2-7-17)14(9-11)19-16(21)13-6-8-18-10-15(13)20/h4-6,8-10,20H,7,17H2,1H3,(H,19,21).